The lowest BCUT2D eigenvalue weighted by Crippen LogP contribution is -2.49. The topological polar surface area (TPSA) is 42.4 Å². The third-order valence-corrected chi connectivity index (χ3v) is 4.83. The summed E-state index contributed by atoms with van der Waals surface area (Å²) >= 11 is 0. The number of fused-ring (bicyclic) bond motifs is 1. The van der Waals surface area contributed by atoms with Gasteiger partial charge in [-0.1, -0.05) is 18.3 Å². The number of cyclic esters (lactones) is 1. The van der Waals surface area contributed by atoms with E-state index in [1.165, 1.54) is 6.20 Å². The molecule has 4 rings (SSSR count). The fraction of sp³-hybridized carbons (Fsp3) is 0.300. The van der Waals surface area contributed by atoms with Gasteiger partial charge < -0.3 is 4.74 Å². The number of halogens is 2. The highest BCUT2D eigenvalue weighted by atomic mass is 19.1. The van der Waals surface area contributed by atoms with Crippen molar-refractivity contribution in [3.8, 4) is 11.8 Å². The summed E-state index contributed by atoms with van der Waals surface area (Å²) in [5, 5.41) is 0. The van der Waals surface area contributed by atoms with Gasteiger partial charge in [-0.2, -0.15) is 0 Å². The van der Waals surface area contributed by atoms with E-state index in [1.54, 1.807) is 17.0 Å². The molecule has 2 aromatic rings. The molecule has 1 aromatic heterocycles. The van der Waals surface area contributed by atoms with Crippen LogP contribution in [-0.4, -0.2) is 23.7 Å². The van der Waals surface area contributed by atoms with E-state index in [1.807, 2.05) is 0 Å². The zero-order valence-electron chi connectivity index (χ0n) is 13.9. The standard InChI is InChI=1S/C20H16F2N2O2/c21-16-7-8-17(22)14(10-16)6-4-13-5-9-19(23-11-13)24-18-3-1-2-15(18)12-26-20(24)25/h5,7-11,15,18H,1-3,12H2/t15-,18-/m0/s1. The number of ether oxygens (including phenoxy) is 1. The van der Waals surface area contributed by atoms with Gasteiger partial charge in [-0.05, 0) is 43.2 Å². The average molecular weight is 354 g/mol. The summed E-state index contributed by atoms with van der Waals surface area (Å²) in [5.41, 5.74) is 0.535. The van der Waals surface area contributed by atoms with Crippen LogP contribution < -0.4 is 4.90 Å². The molecule has 1 saturated heterocycles. The molecule has 0 N–H and O–H groups in total. The highest BCUT2D eigenvalue weighted by Gasteiger charge is 2.41. The van der Waals surface area contributed by atoms with Gasteiger partial charge in [-0.15, -0.1) is 0 Å². The molecular weight excluding hydrogens is 338 g/mol. The van der Waals surface area contributed by atoms with E-state index in [9.17, 15) is 13.6 Å². The molecule has 0 spiro atoms. The van der Waals surface area contributed by atoms with Gasteiger partial charge in [-0.25, -0.2) is 18.6 Å². The summed E-state index contributed by atoms with van der Waals surface area (Å²) < 4.78 is 32.0. The first kappa shape index (κ1) is 16.5. The summed E-state index contributed by atoms with van der Waals surface area (Å²) in [7, 11) is 0. The van der Waals surface area contributed by atoms with Crippen molar-refractivity contribution in [1.29, 1.82) is 0 Å². The summed E-state index contributed by atoms with van der Waals surface area (Å²) in [6.45, 7) is 0.475. The van der Waals surface area contributed by atoms with E-state index in [4.69, 9.17) is 4.74 Å². The third kappa shape index (κ3) is 3.13. The van der Waals surface area contributed by atoms with Crippen LogP contribution in [-0.2, 0) is 4.74 Å². The molecule has 0 bridgehead atoms. The van der Waals surface area contributed by atoms with E-state index in [-0.39, 0.29) is 17.7 Å². The molecule has 2 fully saturated rings. The van der Waals surface area contributed by atoms with Crippen molar-refractivity contribution >= 4 is 11.9 Å². The number of rotatable bonds is 1. The van der Waals surface area contributed by atoms with Crippen LogP contribution in [0.5, 0.6) is 0 Å². The maximum atomic E-state index is 13.6. The van der Waals surface area contributed by atoms with Crippen LogP contribution in [0.2, 0.25) is 0 Å². The first-order valence-electron chi connectivity index (χ1n) is 8.51. The molecule has 26 heavy (non-hydrogen) atoms. The molecule has 2 aliphatic rings. The van der Waals surface area contributed by atoms with Crippen LogP contribution in [0.15, 0.2) is 36.5 Å². The van der Waals surface area contributed by atoms with Gasteiger partial charge in [0.2, 0.25) is 0 Å². The smallest absolute Gasteiger partial charge is 0.415 e. The monoisotopic (exact) mass is 354 g/mol. The number of amides is 1. The molecule has 0 radical (unpaired) electrons. The highest BCUT2D eigenvalue weighted by molar-refractivity contribution is 5.88. The van der Waals surface area contributed by atoms with Crippen molar-refractivity contribution in [2.24, 2.45) is 5.92 Å². The van der Waals surface area contributed by atoms with Crippen LogP contribution >= 0.6 is 0 Å². The van der Waals surface area contributed by atoms with Crippen LogP contribution in [0.4, 0.5) is 19.4 Å². The fourth-order valence-electron chi connectivity index (χ4n) is 3.53. The maximum Gasteiger partial charge on any atom is 0.415 e. The lowest BCUT2D eigenvalue weighted by Gasteiger charge is -2.35. The molecular formula is C20H16F2N2O2. The Balaban J connectivity index is 1.57. The van der Waals surface area contributed by atoms with Gasteiger partial charge in [-0.3, -0.25) is 4.90 Å². The van der Waals surface area contributed by atoms with Crippen molar-refractivity contribution in [3.05, 3.63) is 59.3 Å². The van der Waals surface area contributed by atoms with E-state index < -0.39 is 11.6 Å². The SMILES string of the molecule is O=C1OC[C@@H]2CCC[C@@H]2N1c1ccc(C#Cc2cc(F)ccc2F)cn1. The van der Waals surface area contributed by atoms with E-state index >= 15 is 0 Å². The van der Waals surface area contributed by atoms with Crippen LogP contribution in [0, 0.1) is 29.4 Å². The number of pyridine rings is 1. The predicted octanol–water partition coefficient (Wildman–Crippen LogP) is 3.88. The Morgan fingerprint density at radius 3 is 2.85 bits per heavy atom. The molecule has 1 saturated carbocycles. The van der Waals surface area contributed by atoms with Gasteiger partial charge in [0.05, 0.1) is 12.2 Å². The largest absolute Gasteiger partial charge is 0.449 e. The first-order chi connectivity index (χ1) is 12.6. The molecule has 2 atom stereocenters. The van der Waals surface area contributed by atoms with Crippen LogP contribution in [0.1, 0.15) is 30.4 Å². The number of hydrogen-bond donors (Lipinski definition) is 0. The molecule has 0 unspecified atom stereocenters. The summed E-state index contributed by atoms with van der Waals surface area (Å²) in [4.78, 5) is 18.1. The van der Waals surface area contributed by atoms with E-state index in [2.05, 4.69) is 16.8 Å². The van der Waals surface area contributed by atoms with E-state index in [0.717, 1.165) is 37.5 Å². The molecule has 132 valence electrons. The molecule has 1 amide bonds. The molecule has 1 aliphatic carbocycles. The second-order valence-corrected chi connectivity index (χ2v) is 6.48. The van der Waals surface area contributed by atoms with Crippen molar-refractivity contribution in [1.82, 2.24) is 4.98 Å². The number of nitrogens with zero attached hydrogens (tertiary/aromatic N) is 2. The molecule has 6 heteroatoms. The second kappa shape index (κ2) is 6.75. The fourth-order valence-corrected chi connectivity index (χ4v) is 3.53. The summed E-state index contributed by atoms with van der Waals surface area (Å²) in [6.07, 6.45) is 4.22. The number of carbonyl (C=O) groups excluding carboxylic acids is 1. The number of carbonyl (C=O) groups is 1. The second-order valence-electron chi connectivity index (χ2n) is 6.48. The van der Waals surface area contributed by atoms with Crippen LogP contribution in [0.25, 0.3) is 0 Å². The lowest BCUT2D eigenvalue weighted by molar-refractivity contribution is 0.104. The number of aromatic nitrogens is 1. The highest BCUT2D eigenvalue weighted by Crippen LogP contribution is 2.36. The predicted molar refractivity (Wildman–Crippen MR) is 91.5 cm³/mol. The Morgan fingerprint density at radius 2 is 2.04 bits per heavy atom. The number of hydrogen-bond acceptors (Lipinski definition) is 3. The zero-order chi connectivity index (χ0) is 18.1. The lowest BCUT2D eigenvalue weighted by atomic mass is 10.0. The first-order valence-corrected chi connectivity index (χ1v) is 8.51. The van der Waals surface area contributed by atoms with E-state index in [0.29, 0.717) is 23.9 Å². The minimum atomic E-state index is -0.577. The Bertz CT molecular complexity index is 902. The van der Waals surface area contributed by atoms with Gasteiger partial charge in [0.1, 0.15) is 17.5 Å². The van der Waals surface area contributed by atoms with Gasteiger partial charge in [0, 0.05) is 23.7 Å². The Labute approximate surface area is 149 Å². The van der Waals surface area contributed by atoms with Crippen molar-refractivity contribution in [2.45, 2.75) is 25.3 Å². The molecule has 1 aromatic carbocycles. The van der Waals surface area contributed by atoms with Gasteiger partial charge in [0.15, 0.2) is 0 Å². The van der Waals surface area contributed by atoms with Crippen molar-refractivity contribution in [2.75, 3.05) is 11.5 Å². The van der Waals surface area contributed by atoms with Crippen LogP contribution in [0.3, 0.4) is 0 Å². The minimum Gasteiger partial charge on any atom is -0.449 e. The quantitative estimate of drug-likeness (QED) is 0.730. The Kier molecular flexibility index (Phi) is 4.29. The summed E-state index contributed by atoms with van der Waals surface area (Å²) in [6, 6.07) is 6.67. The molecule has 1 aliphatic heterocycles. The minimum absolute atomic E-state index is 0.0116. The number of benzene rings is 1. The third-order valence-electron chi connectivity index (χ3n) is 4.83. The van der Waals surface area contributed by atoms with Crippen molar-refractivity contribution in [3.63, 3.8) is 0 Å². The van der Waals surface area contributed by atoms with Gasteiger partial charge >= 0.3 is 6.09 Å². The van der Waals surface area contributed by atoms with Gasteiger partial charge in [0.25, 0.3) is 0 Å². The van der Waals surface area contributed by atoms with Crippen molar-refractivity contribution < 1.29 is 18.3 Å². The zero-order valence-corrected chi connectivity index (χ0v) is 13.9. The molecule has 4 nitrogen and oxygen atoms in total. The normalized spacial score (nSPS) is 21.6. The average Bonchev–Trinajstić information content (AvgIpc) is 3.12. The Hall–Kier alpha value is -2.94. The number of anilines is 1. The Morgan fingerprint density at radius 1 is 1.15 bits per heavy atom. The summed E-state index contributed by atoms with van der Waals surface area (Å²) in [5.74, 6) is 5.12. The molecule has 2 heterocycles. The maximum absolute atomic E-state index is 13.6.